The Labute approximate surface area is 207 Å². The number of likely N-dealkylation sites (tertiary alicyclic amines) is 1. The standard InChI is InChI=1S/C29H33N3O3/c1-32-19-26(27(20-32)29(34)30-17-16-21-10-14-25(35-2)15-11-21)23-12-8-22(9-13-23)18-31-28(33)24-6-4-3-5-7-24/h3-15,26-27H,16-20H2,1-2H3,(H,30,34)(H,31,33)/t26-,27+/m1/s1. The lowest BCUT2D eigenvalue weighted by atomic mass is 9.88. The van der Waals surface area contributed by atoms with E-state index in [1.54, 1.807) is 19.2 Å². The summed E-state index contributed by atoms with van der Waals surface area (Å²) < 4.78 is 5.20. The first-order valence-corrected chi connectivity index (χ1v) is 12.0. The van der Waals surface area contributed by atoms with Crippen LogP contribution in [0.1, 0.15) is 33.0 Å². The second kappa shape index (κ2) is 11.7. The van der Waals surface area contributed by atoms with Gasteiger partial charge in [0.25, 0.3) is 5.91 Å². The van der Waals surface area contributed by atoms with Crippen LogP contribution in [0.2, 0.25) is 0 Å². The van der Waals surface area contributed by atoms with Gasteiger partial charge in [0.15, 0.2) is 0 Å². The van der Waals surface area contributed by atoms with Crippen LogP contribution in [0.5, 0.6) is 5.75 Å². The summed E-state index contributed by atoms with van der Waals surface area (Å²) in [4.78, 5) is 27.5. The average molecular weight is 472 g/mol. The zero-order chi connectivity index (χ0) is 24.6. The van der Waals surface area contributed by atoms with Gasteiger partial charge in [-0.1, -0.05) is 54.6 Å². The Hall–Kier alpha value is -3.64. The van der Waals surface area contributed by atoms with Gasteiger partial charge in [-0.05, 0) is 54.4 Å². The molecule has 4 rings (SSSR count). The number of benzene rings is 3. The van der Waals surface area contributed by atoms with Gasteiger partial charge < -0.3 is 20.3 Å². The molecular weight excluding hydrogens is 438 g/mol. The van der Waals surface area contributed by atoms with Gasteiger partial charge in [-0.25, -0.2) is 0 Å². The van der Waals surface area contributed by atoms with Crippen molar-refractivity contribution in [2.45, 2.75) is 18.9 Å². The molecule has 0 bridgehead atoms. The molecule has 1 fully saturated rings. The SMILES string of the molecule is COc1ccc(CCNC(=O)[C@H]2CN(C)C[C@@H]2c2ccc(CNC(=O)c3ccccc3)cc2)cc1. The number of hydrogen-bond donors (Lipinski definition) is 2. The van der Waals surface area contributed by atoms with Crippen LogP contribution in [0.3, 0.4) is 0 Å². The Balaban J connectivity index is 1.31. The molecule has 1 saturated heterocycles. The second-order valence-corrected chi connectivity index (χ2v) is 9.11. The van der Waals surface area contributed by atoms with E-state index < -0.39 is 0 Å². The lowest BCUT2D eigenvalue weighted by molar-refractivity contribution is -0.124. The number of amides is 2. The number of hydrogen-bond acceptors (Lipinski definition) is 4. The highest BCUT2D eigenvalue weighted by atomic mass is 16.5. The van der Waals surface area contributed by atoms with Gasteiger partial charge in [0.1, 0.15) is 5.75 Å². The van der Waals surface area contributed by atoms with Gasteiger partial charge in [0.2, 0.25) is 5.91 Å². The molecule has 0 aromatic heterocycles. The van der Waals surface area contributed by atoms with Crippen molar-refractivity contribution >= 4 is 11.8 Å². The fourth-order valence-corrected chi connectivity index (χ4v) is 4.61. The van der Waals surface area contributed by atoms with Crippen molar-refractivity contribution in [1.29, 1.82) is 0 Å². The Morgan fingerprint density at radius 1 is 0.886 bits per heavy atom. The maximum atomic E-state index is 13.0. The van der Waals surface area contributed by atoms with E-state index in [1.165, 1.54) is 5.56 Å². The highest BCUT2D eigenvalue weighted by Gasteiger charge is 2.36. The molecule has 3 aromatic carbocycles. The van der Waals surface area contributed by atoms with Gasteiger partial charge in [-0.2, -0.15) is 0 Å². The molecule has 2 atom stereocenters. The molecular formula is C29H33N3O3. The maximum Gasteiger partial charge on any atom is 0.251 e. The summed E-state index contributed by atoms with van der Waals surface area (Å²) in [6.07, 6.45) is 0.784. The zero-order valence-electron chi connectivity index (χ0n) is 20.4. The number of rotatable bonds is 9. The van der Waals surface area contributed by atoms with Crippen LogP contribution in [0.4, 0.5) is 0 Å². The molecule has 1 aliphatic rings. The quantitative estimate of drug-likeness (QED) is 0.500. The predicted molar refractivity (Wildman–Crippen MR) is 137 cm³/mol. The van der Waals surface area contributed by atoms with E-state index in [4.69, 9.17) is 4.74 Å². The van der Waals surface area contributed by atoms with Crippen LogP contribution in [0, 0.1) is 5.92 Å². The lowest BCUT2D eigenvalue weighted by Gasteiger charge is -2.19. The van der Waals surface area contributed by atoms with Crippen LogP contribution in [-0.4, -0.2) is 50.5 Å². The molecule has 6 nitrogen and oxygen atoms in total. The second-order valence-electron chi connectivity index (χ2n) is 9.11. The summed E-state index contributed by atoms with van der Waals surface area (Å²) in [5, 5.41) is 6.10. The van der Waals surface area contributed by atoms with E-state index >= 15 is 0 Å². The summed E-state index contributed by atoms with van der Waals surface area (Å²) in [6, 6.07) is 25.4. The highest BCUT2D eigenvalue weighted by molar-refractivity contribution is 5.94. The lowest BCUT2D eigenvalue weighted by Crippen LogP contribution is -2.35. The van der Waals surface area contributed by atoms with Crippen LogP contribution in [0.15, 0.2) is 78.9 Å². The fraction of sp³-hybridized carbons (Fsp3) is 0.310. The van der Waals surface area contributed by atoms with E-state index in [0.29, 0.717) is 18.7 Å². The van der Waals surface area contributed by atoms with Gasteiger partial charge >= 0.3 is 0 Å². The van der Waals surface area contributed by atoms with Gasteiger partial charge in [-0.3, -0.25) is 9.59 Å². The number of carbonyl (C=O) groups is 2. The van der Waals surface area contributed by atoms with Crippen molar-refractivity contribution < 1.29 is 14.3 Å². The van der Waals surface area contributed by atoms with Crippen molar-refractivity contribution in [3.63, 3.8) is 0 Å². The summed E-state index contributed by atoms with van der Waals surface area (Å²) in [7, 11) is 3.72. The monoisotopic (exact) mass is 471 g/mol. The number of nitrogens with zero attached hydrogens (tertiary/aromatic N) is 1. The predicted octanol–water partition coefficient (Wildman–Crippen LogP) is 3.63. The van der Waals surface area contributed by atoms with Crippen molar-refractivity contribution in [2.75, 3.05) is 33.8 Å². The molecule has 6 heteroatoms. The topological polar surface area (TPSA) is 70.7 Å². The molecule has 1 heterocycles. The first-order chi connectivity index (χ1) is 17.0. The highest BCUT2D eigenvalue weighted by Crippen LogP contribution is 2.32. The van der Waals surface area contributed by atoms with Crippen molar-refractivity contribution in [3.8, 4) is 5.75 Å². The Morgan fingerprint density at radius 2 is 1.57 bits per heavy atom. The molecule has 0 unspecified atom stereocenters. The van der Waals surface area contributed by atoms with E-state index in [1.807, 2.05) is 54.6 Å². The smallest absolute Gasteiger partial charge is 0.251 e. The first kappa shape index (κ1) is 24.5. The van der Waals surface area contributed by atoms with Crippen LogP contribution in [0.25, 0.3) is 0 Å². The van der Waals surface area contributed by atoms with Gasteiger partial charge in [0.05, 0.1) is 13.0 Å². The van der Waals surface area contributed by atoms with E-state index in [9.17, 15) is 9.59 Å². The summed E-state index contributed by atoms with van der Waals surface area (Å²) in [5.74, 6) is 0.915. The minimum atomic E-state index is -0.0848. The minimum absolute atomic E-state index is 0.0838. The van der Waals surface area contributed by atoms with E-state index in [0.717, 1.165) is 36.4 Å². The first-order valence-electron chi connectivity index (χ1n) is 12.0. The largest absolute Gasteiger partial charge is 0.497 e. The molecule has 0 spiro atoms. The number of ether oxygens (including phenoxy) is 1. The molecule has 0 saturated carbocycles. The van der Waals surface area contributed by atoms with Gasteiger partial charge in [-0.15, -0.1) is 0 Å². The van der Waals surface area contributed by atoms with E-state index in [2.05, 4.69) is 34.7 Å². The molecule has 2 amide bonds. The van der Waals surface area contributed by atoms with Crippen molar-refractivity contribution in [2.24, 2.45) is 5.92 Å². The molecule has 0 radical (unpaired) electrons. The molecule has 1 aliphatic heterocycles. The number of nitrogens with one attached hydrogen (secondary N) is 2. The average Bonchev–Trinajstić information content (AvgIpc) is 3.30. The number of carbonyl (C=O) groups excluding carboxylic acids is 2. The molecule has 35 heavy (non-hydrogen) atoms. The van der Waals surface area contributed by atoms with Crippen LogP contribution < -0.4 is 15.4 Å². The summed E-state index contributed by atoms with van der Waals surface area (Å²) in [6.45, 7) is 2.67. The molecule has 0 aliphatic carbocycles. The summed E-state index contributed by atoms with van der Waals surface area (Å²) >= 11 is 0. The van der Waals surface area contributed by atoms with Crippen molar-refractivity contribution in [3.05, 3.63) is 101 Å². The van der Waals surface area contributed by atoms with Crippen LogP contribution >= 0.6 is 0 Å². The van der Waals surface area contributed by atoms with E-state index in [-0.39, 0.29) is 23.7 Å². The number of methoxy groups -OCH3 is 1. The number of likely N-dealkylation sites (N-methyl/N-ethyl adjacent to an activating group) is 1. The van der Waals surface area contributed by atoms with Crippen molar-refractivity contribution in [1.82, 2.24) is 15.5 Å². The Kier molecular flexibility index (Phi) is 8.16. The fourth-order valence-electron chi connectivity index (χ4n) is 4.61. The summed E-state index contributed by atoms with van der Waals surface area (Å²) in [5.41, 5.74) is 4.01. The molecule has 2 N–H and O–H groups in total. The molecule has 3 aromatic rings. The van der Waals surface area contributed by atoms with Crippen LogP contribution in [-0.2, 0) is 17.8 Å². The third-order valence-corrected chi connectivity index (χ3v) is 6.61. The Bertz CT molecular complexity index is 1110. The third-order valence-electron chi connectivity index (χ3n) is 6.61. The molecule has 182 valence electrons. The maximum absolute atomic E-state index is 13.0. The Morgan fingerprint density at radius 3 is 2.26 bits per heavy atom. The third kappa shape index (κ3) is 6.49. The zero-order valence-corrected chi connectivity index (χ0v) is 20.4. The minimum Gasteiger partial charge on any atom is -0.497 e. The normalized spacial score (nSPS) is 17.7. The van der Waals surface area contributed by atoms with Gasteiger partial charge in [0, 0.05) is 37.7 Å².